The van der Waals surface area contributed by atoms with Gasteiger partial charge in [-0.2, -0.15) is 0 Å². The lowest BCUT2D eigenvalue weighted by molar-refractivity contribution is -0.155. The van der Waals surface area contributed by atoms with E-state index in [1.165, 1.54) is 0 Å². The van der Waals surface area contributed by atoms with Gasteiger partial charge in [0.15, 0.2) is 7.28 Å². The highest BCUT2D eigenvalue weighted by atomic mass is 16.6. The van der Waals surface area contributed by atoms with Crippen molar-refractivity contribution in [3.05, 3.63) is 29.3 Å². The largest absolute Gasteiger partial charge is 0.460 e. The molecule has 0 aliphatic carbocycles. The maximum absolute atomic E-state index is 12.1. The van der Waals surface area contributed by atoms with Crippen LogP contribution in [0.25, 0.3) is 0 Å². The van der Waals surface area contributed by atoms with Gasteiger partial charge in [-0.25, -0.2) is 0 Å². The quantitative estimate of drug-likeness (QED) is 0.276. The molecule has 1 atom stereocenters. The topological polar surface area (TPSA) is 69.4 Å². The minimum Gasteiger partial charge on any atom is -0.460 e. The number of rotatable bonds is 7. The number of carbonyl (C=O) groups excluding carboxylic acids is 2. The molecule has 0 aliphatic heterocycles. The van der Waals surface area contributed by atoms with Crippen molar-refractivity contribution >= 4 is 25.1 Å². The third-order valence-corrected chi connectivity index (χ3v) is 3.35. The lowest BCUT2D eigenvalue weighted by Gasteiger charge is -2.23. The van der Waals surface area contributed by atoms with Gasteiger partial charge >= 0.3 is 5.97 Å². The molecule has 0 aliphatic rings. The van der Waals surface area contributed by atoms with Crippen LogP contribution < -0.4 is 5.73 Å². The minimum absolute atomic E-state index is 0.00505. The fraction of sp³-hybridized carbons (Fsp3) is 0.529. The van der Waals surface area contributed by atoms with E-state index < -0.39 is 5.60 Å². The number of ether oxygens (including phenoxy) is 1. The van der Waals surface area contributed by atoms with Crippen LogP contribution in [-0.2, 0) is 14.3 Å². The van der Waals surface area contributed by atoms with Crippen molar-refractivity contribution in [2.45, 2.75) is 58.4 Å². The van der Waals surface area contributed by atoms with Crippen molar-refractivity contribution in [1.29, 1.82) is 0 Å². The Hall–Kier alpha value is -1.78. The lowest BCUT2D eigenvalue weighted by Crippen LogP contribution is -2.25. The molecular weight excluding hydrogens is 277 g/mol. The number of nitrogen functional groups attached to an aromatic ring is 1. The number of anilines is 1. The van der Waals surface area contributed by atoms with E-state index >= 15 is 0 Å². The van der Waals surface area contributed by atoms with Gasteiger partial charge in [-0.1, -0.05) is 18.8 Å². The molecular formula is C17H25BNO3. The predicted molar refractivity (Wildman–Crippen MR) is 90.7 cm³/mol. The van der Waals surface area contributed by atoms with Gasteiger partial charge in [0.1, 0.15) is 5.60 Å². The van der Waals surface area contributed by atoms with Crippen LogP contribution in [0.1, 0.15) is 50.7 Å². The Balaban J connectivity index is 2.90. The fourth-order valence-electron chi connectivity index (χ4n) is 2.42. The molecule has 4 nitrogen and oxygen atoms in total. The monoisotopic (exact) mass is 302 g/mol. The lowest BCUT2D eigenvalue weighted by atomic mass is 9.72. The second-order valence-electron chi connectivity index (χ2n) is 6.55. The first kappa shape index (κ1) is 18.3. The van der Waals surface area contributed by atoms with E-state index in [1.54, 1.807) is 7.28 Å². The molecule has 0 spiro atoms. The first-order valence-corrected chi connectivity index (χ1v) is 7.58. The van der Waals surface area contributed by atoms with Gasteiger partial charge in [0, 0.05) is 5.69 Å². The van der Waals surface area contributed by atoms with E-state index in [0.717, 1.165) is 17.3 Å². The van der Waals surface area contributed by atoms with Gasteiger partial charge in [0.2, 0.25) is 0 Å². The molecule has 0 aromatic heterocycles. The van der Waals surface area contributed by atoms with E-state index in [9.17, 15) is 9.59 Å². The third-order valence-electron chi connectivity index (χ3n) is 3.35. The molecule has 1 aromatic rings. The molecule has 0 saturated heterocycles. The van der Waals surface area contributed by atoms with E-state index in [-0.39, 0.29) is 18.3 Å². The highest BCUT2D eigenvalue weighted by molar-refractivity contribution is 6.66. The number of hydrogen-bond acceptors (Lipinski definition) is 4. The van der Waals surface area contributed by atoms with Gasteiger partial charge < -0.3 is 15.3 Å². The summed E-state index contributed by atoms with van der Waals surface area (Å²) in [5.41, 5.74) is 8.19. The average Bonchev–Trinajstić information content (AvgIpc) is 2.38. The van der Waals surface area contributed by atoms with Crippen LogP contribution in [0.3, 0.4) is 0 Å². The smallest absolute Gasteiger partial charge is 0.306 e. The number of nitrogens with two attached hydrogens (primary N) is 1. The minimum atomic E-state index is -0.499. The Bertz CT molecular complexity index is 523. The molecule has 1 unspecified atom stereocenters. The number of hydrogen-bond donors (Lipinski definition) is 1. The summed E-state index contributed by atoms with van der Waals surface area (Å²) in [6, 6.07) is 5.71. The second-order valence-corrected chi connectivity index (χ2v) is 6.55. The van der Waals surface area contributed by atoms with E-state index in [4.69, 9.17) is 10.5 Å². The van der Waals surface area contributed by atoms with Gasteiger partial charge in [0.05, 0.1) is 12.6 Å². The number of esters is 1. The summed E-state index contributed by atoms with van der Waals surface area (Å²) < 4.78 is 5.42. The summed E-state index contributed by atoms with van der Waals surface area (Å²) in [5, 5.41) is 0. The van der Waals surface area contributed by atoms with E-state index in [0.29, 0.717) is 18.4 Å². The summed E-state index contributed by atoms with van der Waals surface area (Å²) in [7, 11) is 1.57. The molecule has 1 aromatic carbocycles. The average molecular weight is 302 g/mol. The zero-order chi connectivity index (χ0) is 16.8. The highest BCUT2D eigenvalue weighted by Crippen LogP contribution is 2.30. The molecule has 1 rings (SSSR count). The van der Waals surface area contributed by atoms with Crippen LogP contribution >= 0.6 is 0 Å². The van der Waals surface area contributed by atoms with Crippen molar-refractivity contribution in [2.24, 2.45) is 0 Å². The summed E-state index contributed by atoms with van der Waals surface area (Å²) >= 11 is 0. The van der Waals surface area contributed by atoms with Crippen molar-refractivity contribution in [3.63, 3.8) is 0 Å². The standard InChI is InChI=1S/C17H25BNO3/c1-12-5-6-14(19)10-15(12)13(7-8-18-11-20)9-16(21)22-17(2,3)4/h5-6,10-11,13H,7-9,19H2,1-4H3. The molecule has 0 saturated carbocycles. The Kier molecular flexibility index (Phi) is 6.66. The SMILES string of the molecule is Cc1ccc(N)cc1C(CC[B]C=O)CC(=O)OC(C)(C)C. The highest BCUT2D eigenvalue weighted by Gasteiger charge is 2.22. The molecule has 119 valence electrons. The van der Waals surface area contributed by atoms with E-state index in [1.807, 2.05) is 45.9 Å². The summed E-state index contributed by atoms with van der Waals surface area (Å²) in [5.74, 6) is -0.236. The molecule has 0 heterocycles. The molecule has 2 N–H and O–H groups in total. The Labute approximate surface area is 133 Å². The van der Waals surface area contributed by atoms with E-state index in [2.05, 4.69) is 0 Å². The molecule has 22 heavy (non-hydrogen) atoms. The van der Waals surface area contributed by atoms with Crippen LogP contribution in [-0.4, -0.2) is 25.0 Å². The normalized spacial score (nSPS) is 12.5. The van der Waals surface area contributed by atoms with Crippen molar-refractivity contribution in [3.8, 4) is 0 Å². The Morgan fingerprint density at radius 3 is 2.68 bits per heavy atom. The first-order chi connectivity index (χ1) is 10.2. The van der Waals surface area contributed by atoms with Crippen LogP contribution in [0, 0.1) is 6.92 Å². The molecule has 5 heteroatoms. The van der Waals surface area contributed by atoms with Crippen molar-refractivity contribution in [1.82, 2.24) is 0 Å². The van der Waals surface area contributed by atoms with Gasteiger partial charge in [-0.05, 0) is 56.9 Å². The fourth-order valence-corrected chi connectivity index (χ4v) is 2.42. The maximum Gasteiger partial charge on any atom is 0.306 e. The van der Waals surface area contributed by atoms with Crippen molar-refractivity contribution in [2.75, 3.05) is 5.73 Å². The molecule has 0 bridgehead atoms. The van der Waals surface area contributed by atoms with Crippen LogP contribution in [0.5, 0.6) is 0 Å². The zero-order valence-corrected chi connectivity index (χ0v) is 13.9. The summed E-state index contributed by atoms with van der Waals surface area (Å²) in [4.78, 5) is 22.6. The zero-order valence-electron chi connectivity index (χ0n) is 13.9. The number of aryl methyl sites for hydroxylation is 1. The Morgan fingerprint density at radius 1 is 1.41 bits per heavy atom. The molecule has 0 amide bonds. The van der Waals surface area contributed by atoms with Crippen LogP contribution in [0.2, 0.25) is 6.32 Å². The summed E-state index contributed by atoms with van der Waals surface area (Å²) in [6.45, 7) is 7.56. The maximum atomic E-state index is 12.1. The van der Waals surface area contributed by atoms with Gasteiger partial charge in [0.25, 0.3) is 0 Å². The van der Waals surface area contributed by atoms with Gasteiger partial charge in [-0.3, -0.25) is 4.79 Å². The summed E-state index contributed by atoms with van der Waals surface area (Å²) in [6.07, 6.45) is 2.42. The Morgan fingerprint density at radius 2 is 2.09 bits per heavy atom. The number of benzene rings is 1. The first-order valence-electron chi connectivity index (χ1n) is 7.58. The molecule has 1 radical (unpaired) electrons. The predicted octanol–water partition coefficient (Wildman–Crippen LogP) is 3.10. The third kappa shape index (κ3) is 6.33. The van der Waals surface area contributed by atoms with Crippen molar-refractivity contribution < 1.29 is 14.3 Å². The van der Waals surface area contributed by atoms with Crippen LogP contribution in [0.4, 0.5) is 5.69 Å². The van der Waals surface area contributed by atoms with Crippen LogP contribution in [0.15, 0.2) is 18.2 Å². The molecule has 0 fully saturated rings. The van der Waals surface area contributed by atoms with Gasteiger partial charge in [-0.15, -0.1) is 0 Å². The number of carbonyl (C=O) groups is 2. The second kappa shape index (κ2) is 8.02.